The van der Waals surface area contributed by atoms with Crippen LogP contribution < -0.4 is 5.32 Å². The monoisotopic (exact) mass is 471 g/mol. The lowest BCUT2D eigenvalue weighted by Crippen LogP contribution is -2.47. The largest absolute Gasteiger partial charge is 0.444 e. The van der Waals surface area contributed by atoms with Gasteiger partial charge in [0.05, 0.1) is 23.7 Å². The van der Waals surface area contributed by atoms with Crippen molar-refractivity contribution in [1.29, 1.82) is 0 Å². The lowest BCUT2D eigenvalue weighted by atomic mass is 10.0. The van der Waals surface area contributed by atoms with Gasteiger partial charge in [-0.1, -0.05) is 0 Å². The molecule has 0 aliphatic carbocycles. The quantitative estimate of drug-likeness (QED) is 0.720. The number of benzene rings is 1. The van der Waals surface area contributed by atoms with Gasteiger partial charge < -0.3 is 19.7 Å². The molecule has 0 saturated carbocycles. The minimum absolute atomic E-state index is 0.120. The van der Waals surface area contributed by atoms with E-state index in [1.165, 1.54) is 15.3 Å². The van der Waals surface area contributed by atoms with Crippen molar-refractivity contribution in [2.45, 2.75) is 50.2 Å². The summed E-state index contributed by atoms with van der Waals surface area (Å²) in [6, 6.07) is 3.13. The van der Waals surface area contributed by atoms with Gasteiger partial charge in [0, 0.05) is 32.2 Å². The highest BCUT2D eigenvalue weighted by Gasteiger charge is 2.31. The normalized spacial score (nSPS) is 18.9. The van der Waals surface area contributed by atoms with E-state index >= 15 is 0 Å². The standard InChI is InChI=1S/C21H30FN3O6S/c1-21(2,3)31-20(27)23-15-6-8-24(9-7-15)19(26)17-14-16(4-5-18(17)22)32(28,29)25-10-12-30-13-11-25/h4-5,14-15H,6-13H2,1-3H3,(H,23,27). The van der Waals surface area contributed by atoms with E-state index in [9.17, 15) is 22.4 Å². The van der Waals surface area contributed by atoms with Crippen LogP contribution in [0.3, 0.4) is 0 Å². The molecule has 2 saturated heterocycles. The average Bonchev–Trinajstić information content (AvgIpc) is 2.73. The second-order valence-electron chi connectivity index (χ2n) is 8.87. The molecule has 32 heavy (non-hydrogen) atoms. The summed E-state index contributed by atoms with van der Waals surface area (Å²) in [7, 11) is -3.85. The minimum atomic E-state index is -3.85. The number of amides is 2. The molecule has 0 radical (unpaired) electrons. The molecule has 0 unspecified atom stereocenters. The third-order valence-corrected chi connectivity index (χ3v) is 7.17. The summed E-state index contributed by atoms with van der Waals surface area (Å²) in [6.07, 6.45) is 0.450. The summed E-state index contributed by atoms with van der Waals surface area (Å²) in [5, 5.41) is 2.78. The molecule has 1 aromatic carbocycles. The van der Waals surface area contributed by atoms with Crippen LogP contribution in [-0.2, 0) is 19.5 Å². The van der Waals surface area contributed by atoms with Gasteiger partial charge >= 0.3 is 6.09 Å². The Morgan fingerprint density at radius 1 is 1.12 bits per heavy atom. The summed E-state index contributed by atoms with van der Waals surface area (Å²) >= 11 is 0. The molecule has 11 heteroatoms. The van der Waals surface area contributed by atoms with Gasteiger partial charge in [0.2, 0.25) is 10.0 Å². The number of nitrogens with one attached hydrogen (secondary N) is 1. The Bertz CT molecular complexity index is 949. The maximum Gasteiger partial charge on any atom is 0.407 e. The van der Waals surface area contributed by atoms with E-state index in [1.807, 2.05) is 0 Å². The predicted octanol–water partition coefficient (Wildman–Crippen LogP) is 1.98. The van der Waals surface area contributed by atoms with Crippen molar-refractivity contribution < 1.29 is 31.9 Å². The maximum absolute atomic E-state index is 14.5. The molecule has 0 bridgehead atoms. The van der Waals surface area contributed by atoms with Crippen molar-refractivity contribution in [3.63, 3.8) is 0 Å². The predicted molar refractivity (Wildman–Crippen MR) is 114 cm³/mol. The van der Waals surface area contributed by atoms with E-state index in [-0.39, 0.29) is 29.6 Å². The number of hydrogen-bond acceptors (Lipinski definition) is 6. The van der Waals surface area contributed by atoms with Crippen molar-refractivity contribution >= 4 is 22.0 Å². The Morgan fingerprint density at radius 3 is 2.34 bits per heavy atom. The summed E-state index contributed by atoms with van der Waals surface area (Å²) in [5.41, 5.74) is -0.886. The Balaban J connectivity index is 1.66. The Hall–Kier alpha value is -2.24. The number of sulfonamides is 1. The van der Waals surface area contributed by atoms with Crippen molar-refractivity contribution in [3.8, 4) is 0 Å². The lowest BCUT2D eigenvalue weighted by Gasteiger charge is -2.33. The van der Waals surface area contributed by atoms with Crippen molar-refractivity contribution in [1.82, 2.24) is 14.5 Å². The first kappa shape index (κ1) is 24.4. The number of likely N-dealkylation sites (tertiary alicyclic amines) is 1. The maximum atomic E-state index is 14.5. The third-order valence-electron chi connectivity index (χ3n) is 5.28. The fourth-order valence-corrected chi connectivity index (χ4v) is 5.07. The molecule has 2 aliphatic heterocycles. The second-order valence-corrected chi connectivity index (χ2v) is 10.8. The third kappa shape index (κ3) is 5.96. The number of ether oxygens (including phenoxy) is 2. The van der Waals surface area contributed by atoms with Gasteiger partial charge in [0.25, 0.3) is 5.91 Å². The Labute approximate surface area is 187 Å². The molecular weight excluding hydrogens is 441 g/mol. The second kappa shape index (κ2) is 9.72. The summed E-state index contributed by atoms with van der Waals surface area (Å²) in [4.78, 5) is 26.2. The molecule has 2 fully saturated rings. The van der Waals surface area contributed by atoms with Gasteiger partial charge in [-0.15, -0.1) is 0 Å². The zero-order valence-corrected chi connectivity index (χ0v) is 19.4. The van der Waals surface area contributed by atoms with Crippen molar-refractivity contribution in [2.75, 3.05) is 39.4 Å². The summed E-state index contributed by atoms with van der Waals surface area (Å²) in [6.45, 7) is 6.93. The highest BCUT2D eigenvalue weighted by Crippen LogP contribution is 2.23. The number of carbonyl (C=O) groups excluding carboxylic acids is 2. The minimum Gasteiger partial charge on any atom is -0.444 e. The van der Waals surface area contributed by atoms with Gasteiger partial charge in [-0.2, -0.15) is 4.31 Å². The van der Waals surface area contributed by atoms with Crippen LogP contribution in [0.25, 0.3) is 0 Å². The van der Waals surface area contributed by atoms with E-state index in [4.69, 9.17) is 9.47 Å². The Morgan fingerprint density at radius 2 is 1.75 bits per heavy atom. The highest BCUT2D eigenvalue weighted by atomic mass is 32.2. The topological polar surface area (TPSA) is 105 Å². The molecule has 2 heterocycles. The molecule has 3 rings (SSSR count). The van der Waals surface area contributed by atoms with Crippen LogP contribution >= 0.6 is 0 Å². The van der Waals surface area contributed by atoms with E-state index < -0.39 is 33.4 Å². The van der Waals surface area contributed by atoms with Crippen LogP contribution in [0.4, 0.5) is 9.18 Å². The molecule has 9 nitrogen and oxygen atoms in total. The average molecular weight is 472 g/mol. The van der Waals surface area contributed by atoms with E-state index in [2.05, 4.69) is 5.32 Å². The van der Waals surface area contributed by atoms with Crippen LogP contribution in [-0.4, -0.2) is 80.7 Å². The van der Waals surface area contributed by atoms with Crippen molar-refractivity contribution in [2.24, 2.45) is 0 Å². The van der Waals surface area contributed by atoms with Gasteiger partial charge in [-0.3, -0.25) is 4.79 Å². The number of morpholine rings is 1. The zero-order valence-electron chi connectivity index (χ0n) is 18.6. The molecule has 1 N–H and O–H groups in total. The van der Waals surface area contributed by atoms with Crippen LogP contribution in [0, 0.1) is 5.82 Å². The smallest absolute Gasteiger partial charge is 0.407 e. The lowest BCUT2D eigenvalue weighted by molar-refractivity contribution is 0.0473. The van der Waals surface area contributed by atoms with E-state index in [0.717, 1.165) is 12.1 Å². The molecule has 1 aromatic rings. The molecule has 0 aromatic heterocycles. The summed E-state index contributed by atoms with van der Waals surface area (Å²) < 4.78 is 51.9. The first-order valence-electron chi connectivity index (χ1n) is 10.6. The number of hydrogen-bond donors (Lipinski definition) is 1. The number of halogens is 1. The number of piperidine rings is 1. The molecule has 0 spiro atoms. The van der Waals surface area contributed by atoms with Gasteiger partial charge in [-0.05, 0) is 51.8 Å². The van der Waals surface area contributed by atoms with Gasteiger partial charge in [0.15, 0.2) is 0 Å². The van der Waals surface area contributed by atoms with Crippen molar-refractivity contribution in [3.05, 3.63) is 29.6 Å². The first-order valence-corrected chi connectivity index (χ1v) is 12.1. The summed E-state index contributed by atoms with van der Waals surface area (Å²) in [5.74, 6) is -1.35. The van der Waals surface area contributed by atoms with Crippen LogP contribution in [0.15, 0.2) is 23.1 Å². The molecule has 0 atom stereocenters. The highest BCUT2D eigenvalue weighted by molar-refractivity contribution is 7.89. The van der Waals surface area contributed by atoms with Crippen LogP contribution in [0.5, 0.6) is 0 Å². The van der Waals surface area contributed by atoms with E-state index in [1.54, 1.807) is 20.8 Å². The number of carbonyl (C=O) groups is 2. The molecule has 178 valence electrons. The number of alkyl carbamates (subject to hydrolysis) is 1. The Kier molecular flexibility index (Phi) is 7.41. The van der Waals surface area contributed by atoms with Gasteiger partial charge in [-0.25, -0.2) is 17.6 Å². The molecule has 2 amide bonds. The molecule has 2 aliphatic rings. The van der Waals surface area contributed by atoms with Crippen LogP contribution in [0.2, 0.25) is 0 Å². The fourth-order valence-electron chi connectivity index (χ4n) is 3.64. The zero-order chi connectivity index (χ0) is 23.5. The van der Waals surface area contributed by atoms with Crippen LogP contribution in [0.1, 0.15) is 44.0 Å². The van der Waals surface area contributed by atoms with E-state index in [0.29, 0.717) is 39.1 Å². The number of nitrogens with zero attached hydrogens (tertiary/aromatic N) is 2. The molecular formula is C21H30FN3O6S. The fraction of sp³-hybridized carbons (Fsp3) is 0.619. The number of rotatable bonds is 4. The first-order chi connectivity index (χ1) is 15.0. The SMILES string of the molecule is CC(C)(C)OC(=O)NC1CCN(C(=O)c2cc(S(=O)(=O)N3CCOCC3)ccc2F)CC1. The van der Waals surface area contributed by atoms with Gasteiger partial charge in [0.1, 0.15) is 11.4 Å².